The average molecular weight is 412 g/mol. The van der Waals surface area contributed by atoms with Crippen LogP contribution < -0.4 is 26.1 Å². The first-order valence-corrected chi connectivity index (χ1v) is 10.2. The zero-order valence-corrected chi connectivity index (χ0v) is 16.5. The van der Waals surface area contributed by atoms with Crippen LogP contribution >= 0.6 is 0 Å². The number of rotatable bonds is 2. The van der Waals surface area contributed by atoms with E-state index in [4.69, 9.17) is 19.9 Å². The van der Waals surface area contributed by atoms with Crippen LogP contribution in [0.15, 0.2) is 72.1 Å². The molecule has 0 bridgehead atoms. The minimum Gasteiger partial charge on any atom is -0.458 e. The van der Waals surface area contributed by atoms with Gasteiger partial charge >= 0.3 is 0 Å². The lowest BCUT2D eigenvalue weighted by atomic mass is 9.74. The molecule has 31 heavy (non-hydrogen) atoms. The second-order valence-electron chi connectivity index (χ2n) is 7.97. The Morgan fingerprint density at radius 2 is 1.71 bits per heavy atom. The van der Waals surface area contributed by atoms with E-state index in [1.807, 2.05) is 30.3 Å². The van der Waals surface area contributed by atoms with Crippen LogP contribution in [0.4, 0.5) is 0 Å². The van der Waals surface area contributed by atoms with Crippen LogP contribution in [0.1, 0.15) is 23.1 Å². The van der Waals surface area contributed by atoms with Gasteiger partial charge in [0.1, 0.15) is 6.07 Å². The molecule has 0 saturated carbocycles. The summed E-state index contributed by atoms with van der Waals surface area (Å²) in [5, 5.41) is 12.3. The van der Waals surface area contributed by atoms with Crippen molar-refractivity contribution >= 4 is 10.8 Å². The van der Waals surface area contributed by atoms with Crippen LogP contribution in [0.5, 0.6) is 11.5 Å². The molecule has 0 amide bonds. The van der Waals surface area contributed by atoms with Crippen molar-refractivity contribution in [3.8, 4) is 17.6 Å². The second kappa shape index (κ2) is 6.91. The van der Waals surface area contributed by atoms with E-state index >= 15 is 0 Å². The fraction of sp³-hybridized carbons (Fsp3) is 0.208. The molecule has 1 saturated heterocycles. The lowest BCUT2D eigenvalue weighted by Gasteiger charge is -2.36. The lowest BCUT2D eigenvalue weighted by Crippen LogP contribution is -2.40. The van der Waals surface area contributed by atoms with Crippen LogP contribution in [0.2, 0.25) is 0 Å². The number of benzene rings is 3. The van der Waals surface area contributed by atoms with Gasteiger partial charge in [0.15, 0.2) is 17.7 Å². The van der Waals surface area contributed by atoms with Gasteiger partial charge in [-0.1, -0.05) is 42.5 Å². The molecule has 7 nitrogen and oxygen atoms in total. The Kier molecular flexibility index (Phi) is 4.03. The largest absolute Gasteiger partial charge is 0.458 e. The lowest BCUT2D eigenvalue weighted by molar-refractivity contribution is 0.0340. The van der Waals surface area contributed by atoms with Crippen molar-refractivity contribution in [3.05, 3.63) is 83.2 Å². The Balaban J connectivity index is 1.47. The predicted molar refractivity (Wildman–Crippen MR) is 113 cm³/mol. The van der Waals surface area contributed by atoms with Crippen LogP contribution in [0.3, 0.4) is 0 Å². The third-order valence-corrected chi connectivity index (χ3v) is 6.34. The van der Waals surface area contributed by atoms with Gasteiger partial charge in [0.25, 0.3) is 0 Å². The fourth-order valence-corrected chi connectivity index (χ4v) is 4.89. The van der Waals surface area contributed by atoms with E-state index < -0.39 is 0 Å². The van der Waals surface area contributed by atoms with Crippen molar-refractivity contribution < 1.29 is 14.2 Å². The maximum absolute atomic E-state index is 9.94. The van der Waals surface area contributed by atoms with E-state index in [-0.39, 0.29) is 36.8 Å². The van der Waals surface area contributed by atoms with Gasteiger partial charge in [-0.2, -0.15) is 5.26 Å². The molecule has 0 aliphatic carbocycles. The Hall–Kier alpha value is -3.73. The molecule has 4 N–H and O–H groups in total. The highest BCUT2D eigenvalue weighted by atomic mass is 16.7. The van der Waals surface area contributed by atoms with Crippen LogP contribution in [-0.4, -0.2) is 13.0 Å². The van der Waals surface area contributed by atoms with Gasteiger partial charge in [-0.25, -0.2) is 10.9 Å². The number of nitrogens with two attached hydrogens (primary N) is 1. The molecule has 154 valence electrons. The molecule has 3 aromatic rings. The summed E-state index contributed by atoms with van der Waals surface area (Å²) in [6.45, 7) is 0.199. The standard InChI is InChI=1S/C24H20N4O3/c25-11-17-20(15-7-8-18-19(10-15)30-12-29-18)21-22(27-28-24(21)31-23(17)26)16-6-5-13-3-1-2-4-14(13)9-16/h1-10,20-22,24,27-28H,12,26H2. The smallest absolute Gasteiger partial charge is 0.231 e. The number of hydrogen-bond donors (Lipinski definition) is 3. The molecular formula is C24H20N4O3. The van der Waals surface area contributed by atoms with Gasteiger partial charge in [0.05, 0.1) is 11.6 Å². The first-order valence-electron chi connectivity index (χ1n) is 10.2. The van der Waals surface area contributed by atoms with E-state index in [2.05, 4.69) is 47.3 Å². The van der Waals surface area contributed by atoms with Gasteiger partial charge in [0, 0.05) is 11.8 Å². The van der Waals surface area contributed by atoms with E-state index in [9.17, 15) is 5.26 Å². The summed E-state index contributed by atoms with van der Waals surface area (Å²) in [6.07, 6.45) is -0.371. The molecule has 6 rings (SSSR count). The topological polar surface area (TPSA) is 102 Å². The maximum atomic E-state index is 9.94. The van der Waals surface area contributed by atoms with E-state index in [1.54, 1.807) is 0 Å². The van der Waals surface area contributed by atoms with Crippen molar-refractivity contribution in [2.24, 2.45) is 11.7 Å². The highest BCUT2D eigenvalue weighted by Crippen LogP contribution is 2.49. The number of ether oxygens (including phenoxy) is 3. The summed E-state index contributed by atoms with van der Waals surface area (Å²) in [4.78, 5) is 0. The van der Waals surface area contributed by atoms with Gasteiger partial charge in [0.2, 0.25) is 12.7 Å². The number of allylic oxidation sites excluding steroid dienone is 1. The van der Waals surface area contributed by atoms with E-state index in [1.165, 1.54) is 5.39 Å². The van der Waals surface area contributed by atoms with Crippen molar-refractivity contribution in [1.29, 1.82) is 5.26 Å². The Morgan fingerprint density at radius 3 is 2.58 bits per heavy atom. The number of hydrogen-bond acceptors (Lipinski definition) is 7. The number of fused-ring (bicyclic) bond motifs is 3. The molecule has 4 atom stereocenters. The van der Waals surface area contributed by atoms with Gasteiger partial charge in [-0.05, 0) is 40.1 Å². The summed E-state index contributed by atoms with van der Waals surface area (Å²) >= 11 is 0. The molecule has 3 heterocycles. The molecule has 7 heteroatoms. The van der Waals surface area contributed by atoms with Crippen LogP contribution in [0, 0.1) is 17.2 Å². The van der Waals surface area contributed by atoms with Crippen molar-refractivity contribution in [1.82, 2.24) is 10.9 Å². The molecule has 0 radical (unpaired) electrons. The van der Waals surface area contributed by atoms with Crippen molar-refractivity contribution in [2.45, 2.75) is 18.2 Å². The van der Waals surface area contributed by atoms with Gasteiger partial charge in [-0.3, -0.25) is 0 Å². The maximum Gasteiger partial charge on any atom is 0.231 e. The number of nitriles is 1. The van der Waals surface area contributed by atoms with Crippen LogP contribution in [-0.2, 0) is 4.74 Å². The third kappa shape index (κ3) is 2.81. The Morgan fingerprint density at radius 1 is 0.903 bits per heavy atom. The SMILES string of the molecule is N#CC1=C(N)OC2NNC(c3ccc4ccccc4c3)C2C1c1ccc2c(c1)OCO2. The zero-order valence-electron chi connectivity index (χ0n) is 16.5. The van der Waals surface area contributed by atoms with Crippen molar-refractivity contribution in [2.75, 3.05) is 6.79 Å². The predicted octanol–water partition coefficient (Wildman–Crippen LogP) is 3.17. The highest BCUT2D eigenvalue weighted by molar-refractivity contribution is 5.83. The first kappa shape index (κ1) is 18.1. The number of nitrogens with one attached hydrogen (secondary N) is 2. The third-order valence-electron chi connectivity index (χ3n) is 6.34. The Bertz CT molecular complexity index is 1270. The quantitative estimate of drug-likeness (QED) is 0.594. The summed E-state index contributed by atoms with van der Waals surface area (Å²) < 4.78 is 16.9. The summed E-state index contributed by atoms with van der Waals surface area (Å²) in [5.41, 5.74) is 15.2. The van der Waals surface area contributed by atoms with E-state index in [0.717, 1.165) is 16.5 Å². The fourth-order valence-electron chi connectivity index (χ4n) is 4.89. The molecule has 3 aliphatic heterocycles. The molecule has 3 aromatic carbocycles. The molecule has 0 spiro atoms. The van der Waals surface area contributed by atoms with Crippen molar-refractivity contribution in [3.63, 3.8) is 0 Å². The number of hydrazine groups is 1. The second-order valence-corrected chi connectivity index (χ2v) is 7.97. The minimum atomic E-state index is -0.371. The molecule has 0 aromatic heterocycles. The zero-order chi connectivity index (χ0) is 20.9. The van der Waals surface area contributed by atoms with Gasteiger partial charge < -0.3 is 19.9 Å². The highest BCUT2D eigenvalue weighted by Gasteiger charge is 2.49. The normalized spacial score (nSPS) is 26.4. The summed E-state index contributed by atoms with van der Waals surface area (Å²) in [7, 11) is 0. The molecule has 1 fully saturated rings. The van der Waals surface area contributed by atoms with Crippen LogP contribution in [0.25, 0.3) is 10.8 Å². The number of nitrogens with zero attached hydrogens (tertiary/aromatic N) is 1. The monoisotopic (exact) mass is 412 g/mol. The first-order chi connectivity index (χ1) is 15.2. The average Bonchev–Trinajstić information content (AvgIpc) is 3.44. The Labute approximate surface area is 179 Å². The molecule has 3 aliphatic rings. The summed E-state index contributed by atoms with van der Waals surface area (Å²) in [6, 6.07) is 22.7. The molecule has 4 unspecified atom stereocenters. The minimum absolute atomic E-state index is 0.0820. The summed E-state index contributed by atoms with van der Waals surface area (Å²) in [5.74, 6) is 1.18. The van der Waals surface area contributed by atoms with E-state index in [0.29, 0.717) is 17.1 Å². The molecular weight excluding hydrogens is 392 g/mol. The van der Waals surface area contributed by atoms with Gasteiger partial charge in [-0.15, -0.1) is 0 Å².